The molecule has 7 rings (SSSR count). The van der Waals surface area contributed by atoms with Crippen molar-refractivity contribution in [3.8, 4) is 0 Å². The first-order chi connectivity index (χ1) is 24.3. The van der Waals surface area contributed by atoms with E-state index < -0.39 is 23.0 Å². The number of aromatic nitrogens is 4. The van der Waals surface area contributed by atoms with Gasteiger partial charge in [0.15, 0.2) is 17.0 Å². The number of imidazole rings is 1. The van der Waals surface area contributed by atoms with E-state index in [2.05, 4.69) is 47.2 Å². The molecule has 2 aliphatic heterocycles. The fourth-order valence-corrected chi connectivity index (χ4v) is 10.7. The monoisotopic (exact) mass is 704 g/mol. The van der Waals surface area contributed by atoms with Gasteiger partial charge in [0.25, 0.3) is 0 Å². The summed E-state index contributed by atoms with van der Waals surface area (Å²) in [6, 6.07) is 0.123. The molecular weight excluding hydrogens is 648 g/mol. The van der Waals surface area contributed by atoms with Crippen LogP contribution in [0, 0.1) is 34.0 Å². The lowest BCUT2D eigenvalue weighted by atomic mass is 9.44. The molecule has 5 aliphatic rings. The number of aliphatic hydroxyl groups is 1. The molecule has 0 spiro atoms. The van der Waals surface area contributed by atoms with Gasteiger partial charge in [-0.05, 0) is 49.4 Å². The predicted octanol–water partition coefficient (Wildman–Crippen LogP) is 2.80. The molecule has 2 bridgehead atoms. The van der Waals surface area contributed by atoms with Crippen LogP contribution in [0.15, 0.2) is 25.3 Å². The van der Waals surface area contributed by atoms with Gasteiger partial charge in [-0.2, -0.15) is 0 Å². The highest BCUT2D eigenvalue weighted by Gasteiger charge is 2.68. The number of nitrogens with zero attached hydrogens (tertiary/aromatic N) is 7. The number of nitrogens with two attached hydrogens (primary N) is 1. The zero-order valence-electron chi connectivity index (χ0n) is 30.8. The third-order valence-corrected chi connectivity index (χ3v) is 14.1. The summed E-state index contributed by atoms with van der Waals surface area (Å²) in [7, 11) is 0. The Kier molecular flexibility index (Phi) is 9.54. The number of Topliss-reactive ketones (excluding diaryl/α,β-unsaturated/α-hetero) is 1. The number of fused-ring (bicyclic) bond motifs is 1. The Bertz CT molecular complexity index is 1670. The summed E-state index contributed by atoms with van der Waals surface area (Å²) in [4.78, 5) is 60.3. The fraction of sp³-hybridized carbons (Fsp3) is 0.737. The van der Waals surface area contributed by atoms with Crippen molar-refractivity contribution in [2.24, 2.45) is 39.7 Å². The molecular formula is C38H56N8O5. The first kappa shape index (κ1) is 36.0. The molecule has 3 N–H and O–H groups in total. The van der Waals surface area contributed by atoms with Gasteiger partial charge in [0, 0.05) is 81.4 Å². The maximum atomic E-state index is 13.7. The second-order valence-corrected chi connectivity index (χ2v) is 16.8. The van der Waals surface area contributed by atoms with Crippen molar-refractivity contribution in [1.29, 1.82) is 0 Å². The molecule has 4 heterocycles. The maximum Gasteiger partial charge on any atom is 0.320 e. The summed E-state index contributed by atoms with van der Waals surface area (Å²) in [5.41, 5.74) is 6.02. The van der Waals surface area contributed by atoms with Gasteiger partial charge in [-0.1, -0.05) is 33.8 Å². The second-order valence-electron chi connectivity index (χ2n) is 16.8. The number of rotatable bonds is 8. The molecule has 1 unspecified atom stereocenters. The molecule has 13 nitrogen and oxygen atoms in total. The van der Waals surface area contributed by atoms with Crippen LogP contribution >= 0.6 is 0 Å². The lowest BCUT2D eigenvalue weighted by molar-refractivity contribution is -0.207. The summed E-state index contributed by atoms with van der Waals surface area (Å²) in [5, 5.41) is 11.8. The summed E-state index contributed by atoms with van der Waals surface area (Å²) in [6.45, 7) is 16.9. The summed E-state index contributed by atoms with van der Waals surface area (Å²) in [6.07, 6.45) is 8.64. The molecule has 0 radical (unpaired) electrons. The van der Waals surface area contributed by atoms with Crippen molar-refractivity contribution in [3.63, 3.8) is 0 Å². The number of anilines is 1. The molecule has 0 aromatic carbocycles. The van der Waals surface area contributed by atoms with Crippen LogP contribution in [0.25, 0.3) is 11.2 Å². The van der Waals surface area contributed by atoms with Gasteiger partial charge >= 0.3 is 5.97 Å². The minimum Gasteiger partial charge on any atom is -0.461 e. The minimum atomic E-state index is -0.694. The van der Waals surface area contributed by atoms with E-state index in [1.54, 1.807) is 12.7 Å². The standard InChI is InChI=1S/C38H56N8O5/c1-6-36(4)19-28(37(5)24(2)7-11-38(25(3)33(36)50)12-8-27(47)32(37)38)51-30(49)21-43-15-17-44(18-16-43)29(48)10-14-46-23-42-31-34(40-22-41-35(31)46)45-13-9-26(39)20-45/h6,22-26,28,32-33,50H,1,7-21,39H2,2-5H3/t24-,25+,26?,28-,32-,33+,36-,37+,38+/m1/s1. The Morgan fingerprint density at radius 1 is 1.10 bits per heavy atom. The highest BCUT2D eigenvalue weighted by Crippen LogP contribution is 2.68. The van der Waals surface area contributed by atoms with Gasteiger partial charge < -0.3 is 29.9 Å². The molecule has 1 amide bonds. The van der Waals surface area contributed by atoms with Crippen molar-refractivity contribution in [2.75, 3.05) is 50.7 Å². The predicted molar refractivity (Wildman–Crippen MR) is 192 cm³/mol. The van der Waals surface area contributed by atoms with E-state index in [0.717, 1.165) is 50.1 Å². The highest BCUT2D eigenvalue weighted by molar-refractivity contribution is 5.86. The molecule has 2 aromatic rings. The molecule has 3 aliphatic carbocycles. The molecule has 2 saturated heterocycles. The summed E-state index contributed by atoms with van der Waals surface area (Å²) >= 11 is 0. The van der Waals surface area contributed by atoms with Gasteiger partial charge in [-0.25, -0.2) is 15.0 Å². The van der Waals surface area contributed by atoms with Crippen molar-refractivity contribution < 1.29 is 24.2 Å². The number of esters is 1. The second kappa shape index (κ2) is 13.5. The Hall–Kier alpha value is -3.42. The number of ketones is 1. The van der Waals surface area contributed by atoms with Crippen molar-refractivity contribution >= 4 is 34.6 Å². The molecule has 5 fully saturated rings. The zero-order valence-corrected chi connectivity index (χ0v) is 30.8. The number of amides is 1. The normalized spacial score (nSPS) is 37.3. The van der Waals surface area contributed by atoms with E-state index in [4.69, 9.17) is 10.5 Å². The fourth-order valence-electron chi connectivity index (χ4n) is 10.7. The van der Waals surface area contributed by atoms with E-state index in [0.29, 0.717) is 57.6 Å². The van der Waals surface area contributed by atoms with Gasteiger partial charge in [-0.15, -0.1) is 6.58 Å². The molecule has 51 heavy (non-hydrogen) atoms. The average molecular weight is 705 g/mol. The van der Waals surface area contributed by atoms with Crippen molar-refractivity contribution in [2.45, 2.75) is 97.4 Å². The molecule has 2 aromatic heterocycles. The summed E-state index contributed by atoms with van der Waals surface area (Å²) in [5.74, 6) is 0.618. The smallest absolute Gasteiger partial charge is 0.320 e. The van der Waals surface area contributed by atoms with Crippen LogP contribution in [0.1, 0.15) is 72.6 Å². The topological polar surface area (TPSA) is 160 Å². The number of hydrogen-bond acceptors (Lipinski definition) is 11. The van der Waals surface area contributed by atoms with Gasteiger partial charge in [0.2, 0.25) is 5.91 Å². The molecule has 13 heteroatoms. The van der Waals surface area contributed by atoms with Crippen molar-refractivity contribution in [1.82, 2.24) is 29.3 Å². The molecule has 3 saturated carbocycles. The lowest BCUT2D eigenvalue weighted by Gasteiger charge is -2.61. The Balaban J connectivity index is 0.969. The average Bonchev–Trinajstić information content (AvgIpc) is 3.85. The van der Waals surface area contributed by atoms with Gasteiger partial charge in [-0.3, -0.25) is 19.3 Å². The van der Waals surface area contributed by atoms with Crippen LogP contribution in [0.5, 0.6) is 0 Å². The van der Waals surface area contributed by atoms with Crippen LogP contribution in [0.3, 0.4) is 0 Å². The van der Waals surface area contributed by atoms with Crippen LogP contribution in [0.2, 0.25) is 0 Å². The first-order valence-corrected chi connectivity index (χ1v) is 19.0. The third kappa shape index (κ3) is 6.06. The quantitative estimate of drug-likeness (QED) is 0.307. The van der Waals surface area contributed by atoms with E-state index in [1.165, 1.54) is 0 Å². The molecule has 9 atom stereocenters. The zero-order chi connectivity index (χ0) is 36.3. The van der Waals surface area contributed by atoms with Gasteiger partial charge in [0.1, 0.15) is 18.2 Å². The first-order valence-electron chi connectivity index (χ1n) is 19.0. The molecule has 278 valence electrons. The maximum absolute atomic E-state index is 13.7. The van der Waals surface area contributed by atoms with Crippen molar-refractivity contribution in [3.05, 3.63) is 25.3 Å². The SMILES string of the molecule is C=C[C@]1(C)C[C@@H](OC(=O)CN2CCN(C(=O)CCn3cnc4c(N5CCC(N)C5)ncnc43)CC2)[C@]2(C)[C@H](C)CC[C@]3(CCC(=O)[C@@H]32)[C@@H](C)[C@@H]1O. The van der Waals surface area contributed by atoms with Crippen LogP contribution in [-0.2, 0) is 25.7 Å². The van der Waals surface area contributed by atoms with E-state index >= 15 is 0 Å². The number of aliphatic hydroxyl groups excluding tert-OH is 1. The number of aryl methyl sites for hydroxylation is 1. The minimum absolute atomic E-state index is 0.0498. The van der Waals surface area contributed by atoms with E-state index in [-0.39, 0.29) is 53.4 Å². The largest absolute Gasteiger partial charge is 0.461 e. The van der Waals surface area contributed by atoms with E-state index in [9.17, 15) is 19.5 Å². The summed E-state index contributed by atoms with van der Waals surface area (Å²) < 4.78 is 8.36. The highest BCUT2D eigenvalue weighted by atomic mass is 16.5. The third-order valence-electron chi connectivity index (χ3n) is 14.1. The number of hydrogen-bond donors (Lipinski definition) is 2. The number of carbonyl (C=O) groups excluding carboxylic acids is 3. The van der Waals surface area contributed by atoms with Crippen LogP contribution < -0.4 is 10.6 Å². The number of piperazine rings is 1. The Morgan fingerprint density at radius 3 is 2.57 bits per heavy atom. The Labute approximate surface area is 301 Å². The van der Waals surface area contributed by atoms with E-state index in [1.807, 2.05) is 27.4 Å². The lowest BCUT2D eigenvalue weighted by Crippen LogP contribution is -2.63. The van der Waals surface area contributed by atoms with Crippen LogP contribution in [-0.4, -0.2) is 116 Å². The van der Waals surface area contributed by atoms with Gasteiger partial charge in [0.05, 0.1) is 19.0 Å². The Morgan fingerprint density at radius 2 is 1.86 bits per heavy atom. The number of ether oxygens (including phenoxy) is 1. The van der Waals surface area contributed by atoms with Crippen LogP contribution in [0.4, 0.5) is 5.82 Å². The number of carbonyl (C=O) groups is 3.